The Morgan fingerprint density at radius 3 is 2.59 bits per heavy atom. The van der Waals surface area contributed by atoms with Gasteiger partial charge < -0.3 is 10.1 Å². The number of rotatable bonds is 5. The minimum absolute atomic E-state index is 0.293. The first-order chi connectivity index (χ1) is 12.9. The van der Waals surface area contributed by atoms with Gasteiger partial charge in [0.15, 0.2) is 0 Å². The quantitative estimate of drug-likeness (QED) is 0.656. The SMILES string of the molecule is COc1ccc(C(=O)NC(Cc2cccc3c2CCC=C3)C(Cl)(Cl)Cl)cc1. The van der Waals surface area contributed by atoms with Crippen LogP contribution in [0.4, 0.5) is 0 Å². The maximum Gasteiger partial charge on any atom is 0.251 e. The van der Waals surface area contributed by atoms with Gasteiger partial charge in [0.2, 0.25) is 3.79 Å². The molecule has 3 nitrogen and oxygen atoms in total. The lowest BCUT2D eigenvalue weighted by Crippen LogP contribution is -2.45. The topological polar surface area (TPSA) is 38.3 Å². The number of ether oxygens (including phenoxy) is 1. The molecular formula is C21H20Cl3NO2. The molecular weight excluding hydrogens is 405 g/mol. The van der Waals surface area contributed by atoms with Crippen molar-refractivity contribution in [2.45, 2.75) is 29.1 Å². The molecule has 1 N–H and O–H groups in total. The second-order valence-electron chi connectivity index (χ2n) is 6.43. The zero-order chi connectivity index (χ0) is 19.4. The standard InChI is InChI=1S/C21H20Cl3NO2/c1-27-17-11-9-15(10-12-17)20(26)25-19(21(22,23)24)13-16-7-4-6-14-5-2-3-8-18(14)16/h2,4-7,9-12,19H,3,8,13H2,1H3,(H,25,26). The fourth-order valence-electron chi connectivity index (χ4n) is 3.20. The maximum absolute atomic E-state index is 12.6. The van der Waals surface area contributed by atoms with E-state index < -0.39 is 9.83 Å². The molecule has 1 aliphatic carbocycles. The largest absolute Gasteiger partial charge is 0.497 e. The third kappa shape index (κ3) is 4.98. The number of carbonyl (C=O) groups excluding carboxylic acids is 1. The molecule has 0 spiro atoms. The fraction of sp³-hybridized carbons (Fsp3) is 0.286. The molecule has 1 atom stereocenters. The Labute approximate surface area is 174 Å². The van der Waals surface area contributed by atoms with Crippen LogP contribution >= 0.6 is 34.8 Å². The molecule has 0 saturated carbocycles. The molecule has 0 aromatic heterocycles. The third-order valence-corrected chi connectivity index (χ3v) is 5.43. The van der Waals surface area contributed by atoms with Gasteiger partial charge >= 0.3 is 0 Å². The summed E-state index contributed by atoms with van der Waals surface area (Å²) >= 11 is 18.6. The van der Waals surface area contributed by atoms with E-state index in [1.807, 2.05) is 12.1 Å². The summed E-state index contributed by atoms with van der Waals surface area (Å²) in [5.41, 5.74) is 4.00. The first-order valence-electron chi connectivity index (χ1n) is 8.67. The summed E-state index contributed by atoms with van der Waals surface area (Å²) in [7, 11) is 1.57. The number of allylic oxidation sites excluding steroid dienone is 1. The van der Waals surface area contributed by atoms with Gasteiger partial charge in [0, 0.05) is 5.56 Å². The highest BCUT2D eigenvalue weighted by molar-refractivity contribution is 6.68. The first-order valence-corrected chi connectivity index (χ1v) is 9.81. The maximum atomic E-state index is 12.6. The second kappa shape index (κ2) is 8.55. The van der Waals surface area contributed by atoms with Crippen molar-refractivity contribution >= 4 is 46.8 Å². The molecule has 0 heterocycles. The summed E-state index contributed by atoms with van der Waals surface area (Å²) in [6.07, 6.45) is 6.64. The Kier molecular flexibility index (Phi) is 6.36. The molecule has 6 heteroatoms. The van der Waals surface area contributed by atoms with Crippen molar-refractivity contribution < 1.29 is 9.53 Å². The van der Waals surface area contributed by atoms with Crippen LogP contribution in [0.1, 0.15) is 33.5 Å². The van der Waals surface area contributed by atoms with Gasteiger partial charge in [-0.05, 0) is 60.2 Å². The van der Waals surface area contributed by atoms with E-state index in [4.69, 9.17) is 39.5 Å². The van der Waals surface area contributed by atoms with Crippen molar-refractivity contribution in [1.29, 1.82) is 0 Å². The van der Waals surface area contributed by atoms with E-state index in [0.717, 1.165) is 18.4 Å². The highest BCUT2D eigenvalue weighted by Crippen LogP contribution is 2.34. The van der Waals surface area contributed by atoms with E-state index in [2.05, 4.69) is 23.5 Å². The smallest absolute Gasteiger partial charge is 0.251 e. The van der Waals surface area contributed by atoms with Gasteiger partial charge in [0.1, 0.15) is 5.75 Å². The number of hydrogen-bond donors (Lipinski definition) is 1. The summed E-state index contributed by atoms with van der Waals surface area (Å²) < 4.78 is 3.49. The second-order valence-corrected chi connectivity index (χ2v) is 8.80. The lowest BCUT2D eigenvalue weighted by Gasteiger charge is -2.27. The number of carbonyl (C=O) groups is 1. The van der Waals surface area contributed by atoms with Gasteiger partial charge in [-0.25, -0.2) is 0 Å². The average molecular weight is 425 g/mol. The van der Waals surface area contributed by atoms with Crippen molar-refractivity contribution in [3.63, 3.8) is 0 Å². The Bertz CT molecular complexity index is 841. The van der Waals surface area contributed by atoms with Crippen molar-refractivity contribution in [1.82, 2.24) is 5.32 Å². The van der Waals surface area contributed by atoms with Crippen LogP contribution in [-0.4, -0.2) is 22.9 Å². The molecule has 142 valence electrons. The summed E-state index contributed by atoms with van der Waals surface area (Å²) in [5.74, 6) is 0.382. The Morgan fingerprint density at radius 2 is 1.93 bits per heavy atom. The molecule has 2 aromatic rings. The molecule has 1 amide bonds. The highest BCUT2D eigenvalue weighted by atomic mass is 35.6. The van der Waals surface area contributed by atoms with E-state index >= 15 is 0 Å². The zero-order valence-electron chi connectivity index (χ0n) is 14.8. The van der Waals surface area contributed by atoms with Gasteiger partial charge in [-0.2, -0.15) is 0 Å². The summed E-state index contributed by atoms with van der Waals surface area (Å²) in [4.78, 5) is 12.6. The van der Waals surface area contributed by atoms with E-state index in [1.54, 1.807) is 31.4 Å². The van der Waals surface area contributed by atoms with Crippen molar-refractivity contribution in [3.8, 4) is 5.75 Å². The van der Waals surface area contributed by atoms with Gasteiger partial charge in [-0.15, -0.1) is 0 Å². The minimum Gasteiger partial charge on any atom is -0.497 e. The van der Waals surface area contributed by atoms with Crippen LogP contribution in [-0.2, 0) is 12.8 Å². The molecule has 0 aliphatic heterocycles. The molecule has 0 radical (unpaired) electrons. The molecule has 27 heavy (non-hydrogen) atoms. The average Bonchev–Trinajstić information content (AvgIpc) is 2.67. The van der Waals surface area contributed by atoms with Crippen molar-refractivity contribution in [3.05, 3.63) is 70.8 Å². The van der Waals surface area contributed by atoms with Crippen LogP contribution in [0.3, 0.4) is 0 Å². The van der Waals surface area contributed by atoms with E-state index in [9.17, 15) is 4.79 Å². The number of benzene rings is 2. The van der Waals surface area contributed by atoms with Crippen molar-refractivity contribution in [2.24, 2.45) is 0 Å². The van der Waals surface area contributed by atoms with Crippen LogP contribution in [0.25, 0.3) is 6.08 Å². The Morgan fingerprint density at radius 1 is 1.19 bits per heavy atom. The predicted molar refractivity (Wildman–Crippen MR) is 112 cm³/mol. The van der Waals surface area contributed by atoms with Crippen LogP contribution in [0.5, 0.6) is 5.75 Å². The van der Waals surface area contributed by atoms with E-state index in [-0.39, 0.29) is 5.91 Å². The number of halogens is 3. The number of fused-ring (bicyclic) bond motifs is 1. The number of methoxy groups -OCH3 is 1. The zero-order valence-corrected chi connectivity index (χ0v) is 17.1. The minimum atomic E-state index is -1.63. The summed E-state index contributed by atoms with van der Waals surface area (Å²) in [5, 5.41) is 2.87. The third-order valence-electron chi connectivity index (χ3n) is 4.64. The molecule has 0 fully saturated rings. The van der Waals surface area contributed by atoms with E-state index in [0.29, 0.717) is 17.7 Å². The fourth-order valence-corrected chi connectivity index (χ4v) is 3.59. The predicted octanol–water partition coefficient (Wildman–Crippen LogP) is 5.37. The van der Waals surface area contributed by atoms with Gasteiger partial charge in [0.05, 0.1) is 13.2 Å². The molecule has 0 saturated heterocycles. The monoisotopic (exact) mass is 423 g/mol. The highest BCUT2D eigenvalue weighted by Gasteiger charge is 2.34. The Balaban J connectivity index is 1.81. The first kappa shape index (κ1) is 20.1. The summed E-state index contributed by atoms with van der Waals surface area (Å²) in [6, 6.07) is 12.2. The lowest BCUT2D eigenvalue weighted by atomic mass is 9.90. The molecule has 1 aliphatic rings. The molecule has 3 rings (SSSR count). The number of hydrogen-bond acceptors (Lipinski definition) is 2. The van der Waals surface area contributed by atoms with Gasteiger partial charge in [-0.1, -0.05) is 65.2 Å². The Hall–Kier alpha value is -1.68. The lowest BCUT2D eigenvalue weighted by molar-refractivity contribution is 0.0937. The number of nitrogens with one attached hydrogen (secondary N) is 1. The van der Waals surface area contributed by atoms with Crippen LogP contribution < -0.4 is 10.1 Å². The van der Waals surface area contributed by atoms with Gasteiger partial charge in [-0.3, -0.25) is 4.79 Å². The summed E-state index contributed by atoms with van der Waals surface area (Å²) in [6.45, 7) is 0. The normalized spacial score (nSPS) is 14.4. The van der Waals surface area contributed by atoms with Crippen LogP contribution in [0.15, 0.2) is 48.5 Å². The van der Waals surface area contributed by atoms with E-state index in [1.165, 1.54) is 11.1 Å². The number of amides is 1. The number of alkyl halides is 3. The van der Waals surface area contributed by atoms with Crippen LogP contribution in [0.2, 0.25) is 0 Å². The van der Waals surface area contributed by atoms with Crippen molar-refractivity contribution in [2.75, 3.05) is 7.11 Å². The molecule has 2 aromatic carbocycles. The molecule has 1 unspecified atom stereocenters. The van der Waals surface area contributed by atoms with Gasteiger partial charge in [0.25, 0.3) is 5.91 Å². The molecule has 0 bridgehead atoms. The van der Waals surface area contributed by atoms with Crippen LogP contribution in [0, 0.1) is 0 Å².